The van der Waals surface area contributed by atoms with Crippen LogP contribution in [0.5, 0.6) is 5.75 Å². The maximum absolute atomic E-state index is 12.5. The van der Waals surface area contributed by atoms with Gasteiger partial charge in [0.1, 0.15) is 18.2 Å². The maximum Gasteiger partial charge on any atom is 0.258 e. The highest BCUT2D eigenvalue weighted by molar-refractivity contribution is 5.97. The average Bonchev–Trinajstić information content (AvgIpc) is 2.60. The summed E-state index contributed by atoms with van der Waals surface area (Å²) >= 11 is 0. The molecule has 5 heteroatoms. The summed E-state index contributed by atoms with van der Waals surface area (Å²) in [7, 11) is 0. The van der Waals surface area contributed by atoms with Crippen LogP contribution in [0.1, 0.15) is 16.1 Å². The zero-order chi connectivity index (χ0) is 13.9. The number of nitrogens with zero attached hydrogens (tertiary/aromatic N) is 2. The van der Waals surface area contributed by atoms with E-state index < -0.39 is 0 Å². The van der Waals surface area contributed by atoms with Gasteiger partial charge in [0.25, 0.3) is 5.91 Å². The van der Waals surface area contributed by atoms with Gasteiger partial charge in [0.15, 0.2) is 0 Å². The molecule has 20 heavy (non-hydrogen) atoms. The third kappa shape index (κ3) is 2.42. The zero-order valence-electron chi connectivity index (χ0n) is 11.0. The van der Waals surface area contributed by atoms with E-state index in [1.54, 1.807) is 17.0 Å². The Morgan fingerprint density at radius 2 is 2.05 bits per heavy atom. The molecule has 3 rings (SSSR count). The van der Waals surface area contributed by atoms with Crippen molar-refractivity contribution in [1.29, 1.82) is 0 Å². The van der Waals surface area contributed by atoms with Crippen molar-refractivity contribution in [3.63, 3.8) is 0 Å². The van der Waals surface area contributed by atoms with Crippen LogP contribution in [0.3, 0.4) is 0 Å². The van der Waals surface area contributed by atoms with Crippen LogP contribution in [0, 0.1) is 0 Å². The number of para-hydroxylation sites is 1. The molecular formula is C15H15N3O2. The summed E-state index contributed by atoms with van der Waals surface area (Å²) in [6, 6.07) is 12.7. The second-order valence-corrected chi connectivity index (χ2v) is 4.63. The number of amides is 1. The van der Waals surface area contributed by atoms with Gasteiger partial charge in [-0.15, -0.1) is 0 Å². The molecule has 1 aliphatic heterocycles. The summed E-state index contributed by atoms with van der Waals surface area (Å²) in [4.78, 5) is 18.5. The Hall–Kier alpha value is -2.56. The van der Waals surface area contributed by atoms with E-state index >= 15 is 0 Å². The van der Waals surface area contributed by atoms with Gasteiger partial charge < -0.3 is 15.4 Å². The van der Waals surface area contributed by atoms with Gasteiger partial charge in [-0.3, -0.25) is 4.79 Å². The minimum atomic E-state index is -0.0395. The van der Waals surface area contributed by atoms with Gasteiger partial charge in [0.2, 0.25) is 0 Å². The van der Waals surface area contributed by atoms with Crippen molar-refractivity contribution in [3.8, 4) is 5.75 Å². The second kappa shape index (κ2) is 5.21. The van der Waals surface area contributed by atoms with Gasteiger partial charge in [-0.1, -0.05) is 18.2 Å². The third-order valence-corrected chi connectivity index (χ3v) is 3.20. The Kier molecular flexibility index (Phi) is 3.25. The van der Waals surface area contributed by atoms with E-state index in [1.807, 2.05) is 30.3 Å². The van der Waals surface area contributed by atoms with E-state index in [-0.39, 0.29) is 5.91 Å². The zero-order valence-corrected chi connectivity index (χ0v) is 11.0. The first-order valence-electron chi connectivity index (χ1n) is 6.46. The number of fused-ring (bicyclic) bond motifs is 1. The molecule has 5 nitrogen and oxygen atoms in total. The lowest BCUT2D eigenvalue weighted by molar-refractivity contribution is 0.0741. The Morgan fingerprint density at radius 1 is 1.20 bits per heavy atom. The van der Waals surface area contributed by atoms with E-state index in [2.05, 4.69) is 4.98 Å². The minimum Gasteiger partial charge on any atom is -0.491 e. The highest BCUT2D eigenvalue weighted by Gasteiger charge is 2.23. The highest BCUT2D eigenvalue weighted by atomic mass is 16.5. The Bertz CT molecular complexity index is 643. The van der Waals surface area contributed by atoms with Crippen LogP contribution in [-0.2, 0) is 6.54 Å². The first kappa shape index (κ1) is 12.5. The molecular weight excluding hydrogens is 254 g/mol. The molecule has 0 radical (unpaired) electrons. The molecule has 0 saturated heterocycles. The standard InChI is InChI=1S/C15H15N3O2/c16-14-7-3-4-11(17-14)10-18-8-9-20-13-6-2-1-5-12(13)15(18)19/h1-7H,8-10H2,(H2,16,17). The summed E-state index contributed by atoms with van der Waals surface area (Å²) in [5.74, 6) is 1.06. The lowest BCUT2D eigenvalue weighted by atomic mass is 10.1. The largest absolute Gasteiger partial charge is 0.491 e. The van der Waals surface area contributed by atoms with Crippen molar-refractivity contribution in [2.24, 2.45) is 0 Å². The fourth-order valence-electron chi connectivity index (χ4n) is 2.24. The summed E-state index contributed by atoms with van der Waals surface area (Å²) in [5, 5.41) is 0. The number of carbonyl (C=O) groups excluding carboxylic acids is 1. The van der Waals surface area contributed by atoms with Crippen LogP contribution in [0.25, 0.3) is 0 Å². The van der Waals surface area contributed by atoms with Gasteiger partial charge >= 0.3 is 0 Å². The van der Waals surface area contributed by atoms with Crippen molar-refractivity contribution < 1.29 is 9.53 Å². The average molecular weight is 269 g/mol. The van der Waals surface area contributed by atoms with Crippen LogP contribution in [0.4, 0.5) is 5.82 Å². The molecule has 0 aliphatic carbocycles. The van der Waals surface area contributed by atoms with Gasteiger partial charge in [-0.25, -0.2) is 4.98 Å². The summed E-state index contributed by atoms with van der Waals surface area (Å²) in [6.45, 7) is 1.44. The minimum absolute atomic E-state index is 0.0395. The lowest BCUT2D eigenvalue weighted by Crippen LogP contribution is -2.32. The number of nitrogens with two attached hydrogens (primary N) is 1. The van der Waals surface area contributed by atoms with Gasteiger partial charge in [-0.05, 0) is 24.3 Å². The summed E-state index contributed by atoms with van der Waals surface area (Å²) in [6.07, 6.45) is 0. The van der Waals surface area contributed by atoms with E-state index in [1.165, 1.54) is 0 Å². The Morgan fingerprint density at radius 3 is 2.90 bits per heavy atom. The van der Waals surface area contributed by atoms with Gasteiger partial charge in [0, 0.05) is 0 Å². The molecule has 2 aromatic rings. The number of anilines is 1. The first-order valence-corrected chi connectivity index (χ1v) is 6.46. The molecule has 0 fully saturated rings. The van der Waals surface area contributed by atoms with Crippen LogP contribution in [0.2, 0.25) is 0 Å². The summed E-state index contributed by atoms with van der Waals surface area (Å²) in [5.41, 5.74) is 7.03. The van der Waals surface area contributed by atoms with Crippen LogP contribution < -0.4 is 10.5 Å². The quantitative estimate of drug-likeness (QED) is 0.901. The highest BCUT2D eigenvalue weighted by Crippen LogP contribution is 2.23. The molecule has 102 valence electrons. The molecule has 1 aromatic carbocycles. The molecule has 0 spiro atoms. The lowest BCUT2D eigenvalue weighted by Gasteiger charge is -2.19. The van der Waals surface area contributed by atoms with E-state index in [4.69, 9.17) is 10.5 Å². The summed E-state index contributed by atoms with van der Waals surface area (Å²) < 4.78 is 5.60. The molecule has 1 aliphatic rings. The molecule has 1 amide bonds. The van der Waals surface area contributed by atoms with Crippen molar-refractivity contribution in [2.75, 3.05) is 18.9 Å². The van der Waals surface area contributed by atoms with E-state index in [9.17, 15) is 4.79 Å². The molecule has 2 heterocycles. The van der Waals surface area contributed by atoms with Crippen LogP contribution in [-0.4, -0.2) is 28.9 Å². The number of nitrogen functional groups attached to an aromatic ring is 1. The van der Waals surface area contributed by atoms with Crippen molar-refractivity contribution in [2.45, 2.75) is 6.54 Å². The molecule has 1 aromatic heterocycles. The monoisotopic (exact) mass is 269 g/mol. The predicted molar refractivity (Wildman–Crippen MR) is 75.3 cm³/mol. The van der Waals surface area contributed by atoms with Crippen LogP contribution in [0.15, 0.2) is 42.5 Å². The van der Waals surface area contributed by atoms with Gasteiger partial charge in [0.05, 0.1) is 24.3 Å². The fraction of sp³-hybridized carbons (Fsp3) is 0.200. The van der Waals surface area contributed by atoms with Crippen LogP contribution >= 0.6 is 0 Å². The number of pyridine rings is 1. The molecule has 0 saturated carbocycles. The third-order valence-electron chi connectivity index (χ3n) is 3.20. The molecule has 2 N–H and O–H groups in total. The molecule has 0 atom stereocenters. The number of hydrogen-bond donors (Lipinski definition) is 1. The number of ether oxygens (including phenoxy) is 1. The Labute approximate surface area is 117 Å². The van der Waals surface area contributed by atoms with Crippen molar-refractivity contribution >= 4 is 11.7 Å². The second-order valence-electron chi connectivity index (χ2n) is 4.63. The topological polar surface area (TPSA) is 68.4 Å². The van der Waals surface area contributed by atoms with E-state index in [0.717, 1.165) is 5.69 Å². The number of rotatable bonds is 2. The molecule has 0 unspecified atom stereocenters. The number of benzene rings is 1. The predicted octanol–water partition coefficient (Wildman–Crippen LogP) is 1.70. The Balaban J connectivity index is 1.86. The molecule has 0 bridgehead atoms. The number of aromatic nitrogens is 1. The van der Waals surface area contributed by atoms with Gasteiger partial charge in [-0.2, -0.15) is 0 Å². The fourth-order valence-corrected chi connectivity index (χ4v) is 2.24. The normalized spacial score (nSPS) is 14.4. The maximum atomic E-state index is 12.5. The van der Waals surface area contributed by atoms with E-state index in [0.29, 0.717) is 36.8 Å². The van der Waals surface area contributed by atoms with Crippen molar-refractivity contribution in [3.05, 3.63) is 53.7 Å². The first-order chi connectivity index (χ1) is 9.74. The number of carbonyl (C=O) groups is 1. The number of hydrogen-bond acceptors (Lipinski definition) is 4. The van der Waals surface area contributed by atoms with Crippen molar-refractivity contribution in [1.82, 2.24) is 9.88 Å². The smallest absolute Gasteiger partial charge is 0.258 e. The SMILES string of the molecule is Nc1cccc(CN2CCOc3ccccc3C2=O)n1.